The monoisotopic (exact) mass is 843 g/mol. The molecule has 3 N–H and O–H groups in total. The van der Waals surface area contributed by atoms with Gasteiger partial charge in [-0.05, 0) is 11.1 Å². The van der Waals surface area contributed by atoms with E-state index in [9.17, 15) is 14.4 Å². The number of rotatable bonds is 12. The molecule has 2 atom stereocenters. The highest BCUT2D eigenvalue weighted by atomic mass is 35.5. The van der Waals surface area contributed by atoms with Crippen molar-refractivity contribution in [1.29, 1.82) is 0 Å². The summed E-state index contributed by atoms with van der Waals surface area (Å²) in [5.74, 6) is -1.74. The summed E-state index contributed by atoms with van der Waals surface area (Å²) in [6.07, 6.45) is -0.743. The van der Waals surface area contributed by atoms with Crippen molar-refractivity contribution in [3.63, 3.8) is 0 Å². The zero-order valence-electron chi connectivity index (χ0n) is 30.5. The minimum atomic E-state index is -1.34. The summed E-state index contributed by atoms with van der Waals surface area (Å²) in [6.45, 7) is 0. The van der Waals surface area contributed by atoms with E-state index < -0.39 is 40.9 Å². The number of halogens is 1. The van der Waals surface area contributed by atoms with Gasteiger partial charge in [0.2, 0.25) is 5.60 Å². The Bertz CT molecular complexity index is 2370. The van der Waals surface area contributed by atoms with Crippen molar-refractivity contribution in [2.75, 3.05) is 11.5 Å². The highest BCUT2D eigenvalue weighted by Crippen LogP contribution is 2.44. The van der Waals surface area contributed by atoms with E-state index in [0.717, 1.165) is 39.2 Å². The summed E-state index contributed by atoms with van der Waals surface area (Å²) in [5.41, 5.74) is 8.15. The molecule has 0 unspecified atom stereocenters. The van der Waals surface area contributed by atoms with Gasteiger partial charge in [0.05, 0.1) is 0 Å². The fourth-order valence-electron chi connectivity index (χ4n) is 7.00. The first kappa shape index (κ1) is 39.0. The third-order valence-corrected chi connectivity index (χ3v) is 12.7. The Kier molecular flexibility index (Phi) is 11.4. The number of nitrogens with one attached hydrogen (secondary N) is 1. The van der Waals surface area contributed by atoms with Gasteiger partial charge in [0.25, 0.3) is 11.8 Å². The summed E-state index contributed by atoms with van der Waals surface area (Å²) >= 11 is 13.6. The molecule has 3 heterocycles. The second kappa shape index (κ2) is 16.9. The van der Waals surface area contributed by atoms with Gasteiger partial charge in [0.15, 0.2) is 16.9 Å². The maximum absolute atomic E-state index is 14.4. The van der Waals surface area contributed by atoms with E-state index in [2.05, 4.69) is 28.1 Å². The van der Waals surface area contributed by atoms with E-state index in [1.165, 1.54) is 16.7 Å². The van der Waals surface area contributed by atoms with Crippen molar-refractivity contribution in [3.05, 3.63) is 200 Å². The predicted octanol–water partition coefficient (Wildman–Crippen LogP) is 7.97. The lowest BCUT2D eigenvalue weighted by Crippen LogP contribution is -2.71. The van der Waals surface area contributed by atoms with Gasteiger partial charge in [-0.2, -0.15) is 0 Å². The molecule has 0 radical (unpaired) electrons. The average Bonchev–Trinajstić information content (AvgIpc) is 3.61. The molecule has 10 nitrogen and oxygen atoms in total. The molecule has 1 fully saturated rings. The Labute approximate surface area is 353 Å². The molecular weight excluding hydrogens is 810 g/mol. The number of benzene rings is 5. The molecule has 58 heavy (non-hydrogen) atoms. The number of esters is 1. The smallest absolute Gasteiger partial charge is 0.356 e. The Hall–Kier alpha value is -5.86. The zero-order valence-corrected chi connectivity index (χ0v) is 33.8. The quantitative estimate of drug-likeness (QED) is 0.0282. The Morgan fingerprint density at radius 3 is 1.78 bits per heavy atom. The standard InChI is InChI=1S/C44H34ClN5O5S3/c45-38-33(48-43(46)58-38)34(49-55-44(29-20-10-3-11-21-29,30-22-12-4-13-23-30)31-24-14-5-15-25-31)39(51)47-35-40(52)50-36(32(56)26-57-41(35)50)42(53)54-37(27-16-6-1-7-17-27)28-18-8-2-9-19-28/h1-25,35,37,41,56H,26H2,(H2,46,48)(H,47,51)/b49-34-/t35-,41+/m1/s1. The molecule has 290 valence electrons. The van der Waals surface area contributed by atoms with Crippen molar-refractivity contribution in [2.24, 2.45) is 5.16 Å². The lowest BCUT2D eigenvalue weighted by molar-refractivity contribution is -0.154. The van der Waals surface area contributed by atoms with Gasteiger partial charge in [-0.1, -0.05) is 180 Å². The number of thiazole rings is 1. The minimum Gasteiger partial charge on any atom is -0.448 e. The Balaban J connectivity index is 1.11. The number of thiol groups is 1. The maximum Gasteiger partial charge on any atom is 0.356 e. The number of nitrogens with two attached hydrogens (primary N) is 1. The van der Waals surface area contributed by atoms with Crippen molar-refractivity contribution in [3.8, 4) is 0 Å². The number of fused-ring (bicyclic) bond motifs is 1. The van der Waals surface area contributed by atoms with Crippen LogP contribution in [-0.4, -0.2) is 50.5 Å². The van der Waals surface area contributed by atoms with E-state index in [1.54, 1.807) is 0 Å². The number of nitrogens with zero attached hydrogens (tertiary/aromatic N) is 3. The van der Waals surface area contributed by atoms with Gasteiger partial charge in [-0.25, -0.2) is 9.78 Å². The van der Waals surface area contributed by atoms with Gasteiger partial charge >= 0.3 is 5.97 Å². The van der Waals surface area contributed by atoms with Crippen LogP contribution in [0.25, 0.3) is 0 Å². The number of ether oxygens (including phenoxy) is 1. The zero-order chi connectivity index (χ0) is 40.2. The maximum atomic E-state index is 14.4. The summed E-state index contributed by atoms with van der Waals surface area (Å²) in [6, 6.07) is 46.2. The first-order chi connectivity index (χ1) is 28.3. The molecule has 5 aromatic carbocycles. The number of nitrogen functional groups attached to an aromatic ring is 1. The lowest BCUT2D eigenvalue weighted by atomic mass is 9.80. The third kappa shape index (κ3) is 7.49. The average molecular weight is 844 g/mol. The van der Waals surface area contributed by atoms with Crippen LogP contribution in [0.2, 0.25) is 4.34 Å². The van der Waals surface area contributed by atoms with Crippen molar-refractivity contribution in [2.45, 2.75) is 23.1 Å². The molecular formula is C44H34ClN5O5S3. The molecule has 1 aromatic heterocycles. The number of aromatic nitrogens is 1. The van der Waals surface area contributed by atoms with Gasteiger partial charge in [-0.3, -0.25) is 14.5 Å². The molecule has 2 amide bonds. The molecule has 6 aromatic rings. The van der Waals surface area contributed by atoms with Gasteiger partial charge < -0.3 is 20.6 Å². The fourth-order valence-corrected chi connectivity index (χ4v) is 9.55. The molecule has 8 rings (SSSR count). The number of oxime groups is 1. The topological polar surface area (TPSA) is 136 Å². The number of carbonyl (C=O) groups is 3. The number of thioether (sulfide) groups is 1. The van der Waals surface area contributed by atoms with Crippen molar-refractivity contribution < 1.29 is 24.0 Å². The largest absolute Gasteiger partial charge is 0.448 e. The van der Waals surface area contributed by atoms with Crippen LogP contribution >= 0.6 is 47.3 Å². The van der Waals surface area contributed by atoms with E-state index in [0.29, 0.717) is 10.7 Å². The number of hydrogen-bond acceptors (Lipinski definition) is 11. The number of β-lactam (4-membered cyclic amide) rings is 1. The third-order valence-electron chi connectivity index (χ3n) is 9.71. The summed E-state index contributed by atoms with van der Waals surface area (Å²) < 4.78 is 6.23. The lowest BCUT2D eigenvalue weighted by Gasteiger charge is -2.49. The molecule has 14 heteroatoms. The van der Waals surface area contributed by atoms with Crippen LogP contribution in [-0.2, 0) is 29.6 Å². The molecule has 1 saturated heterocycles. The second-order valence-corrected chi connectivity index (χ2v) is 16.5. The van der Waals surface area contributed by atoms with Crippen LogP contribution in [0.4, 0.5) is 5.13 Å². The molecule has 0 spiro atoms. The van der Waals surface area contributed by atoms with Crippen molar-refractivity contribution in [1.82, 2.24) is 15.2 Å². The Morgan fingerprint density at radius 1 is 0.828 bits per heavy atom. The SMILES string of the molecule is Nc1nc(/C(=N/OC(c2ccccc2)(c2ccccc2)c2ccccc2)C(=O)N[C@@H]2C(=O)N3C(C(=O)OC(c4ccccc4)c4ccccc4)=C(S)CS[C@@H]23)c(Cl)s1. The molecule has 0 aliphatic carbocycles. The fraction of sp³-hybridized carbons (Fsp3) is 0.114. The number of carbonyl (C=O) groups excluding carboxylic acids is 3. The van der Waals surface area contributed by atoms with Crippen LogP contribution in [0.3, 0.4) is 0 Å². The second-order valence-electron chi connectivity index (χ2n) is 13.2. The molecule has 2 aliphatic rings. The Morgan fingerprint density at radius 2 is 1.31 bits per heavy atom. The highest BCUT2D eigenvalue weighted by molar-refractivity contribution is 8.01. The summed E-state index contributed by atoms with van der Waals surface area (Å²) in [5, 5.41) is 6.81. The van der Waals surface area contributed by atoms with Gasteiger partial charge in [-0.15, -0.1) is 24.4 Å². The molecule has 2 aliphatic heterocycles. The summed E-state index contributed by atoms with van der Waals surface area (Å²) in [7, 11) is 0. The van der Waals surface area contributed by atoms with Crippen molar-refractivity contribution >= 4 is 76.0 Å². The van der Waals surface area contributed by atoms with Crippen LogP contribution < -0.4 is 11.1 Å². The van der Waals surface area contributed by atoms with Crippen LogP contribution in [0.1, 0.15) is 39.6 Å². The first-order valence-corrected chi connectivity index (χ1v) is 20.8. The van der Waals surface area contributed by atoms with E-state index >= 15 is 0 Å². The highest BCUT2D eigenvalue weighted by Gasteiger charge is 2.55. The van der Waals surface area contributed by atoms with Crippen LogP contribution in [0.5, 0.6) is 0 Å². The van der Waals surface area contributed by atoms with Crippen LogP contribution in [0.15, 0.2) is 167 Å². The normalized spacial score (nSPS) is 16.7. The number of amides is 2. The van der Waals surface area contributed by atoms with E-state index in [-0.39, 0.29) is 26.6 Å². The molecule has 0 bridgehead atoms. The minimum absolute atomic E-state index is 0.0145. The van der Waals surface area contributed by atoms with Crippen LogP contribution in [0, 0.1) is 0 Å². The van der Waals surface area contributed by atoms with Gasteiger partial charge in [0.1, 0.15) is 27.1 Å². The van der Waals surface area contributed by atoms with E-state index in [4.69, 9.17) is 26.9 Å². The van der Waals surface area contributed by atoms with E-state index in [1.807, 2.05) is 152 Å². The first-order valence-electron chi connectivity index (χ1n) is 18.1. The molecule has 0 saturated carbocycles. The number of anilines is 1. The summed E-state index contributed by atoms with van der Waals surface area (Å²) in [4.78, 5) is 55.1. The van der Waals surface area contributed by atoms with Gasteiger partial charge in [0, 0.05) is 27.3 Å². The number of hydrogen-bond donors (Lipinski definition) is 3. The predicted molar refractivity (Wildman–Crippen MR) is 230 cm³/mol.